The fourth-order valence-electron chi connectivity index (χ4n) is 6.77. The molecular weight excluding hydrogens is 657 g/mol. The normalized spacial score (nSPS) is 11.2. The van der Waals surface area contributed by atoms with Gasteiger partial charge in [-0.3, -0.25) is 0 Å². The Morgan fingerprint density at radius 3 is 1.69 bits per heavy atom. The minimum absolute atomic E-state index is 0.906. The molecule has 9 aromatic rings. The first-order valence-electron chi connectivity index (χ1n) is 17.0. The molecule has 8 aromatic carbocycles. The Kier molecular flexibility index (Phi) is 8.17. The molecule has 0 unspecified atom stereocenters. The Bertz CT molecular complexity index is 2630. The first-order valence-corrected chi connectivity index (χ1v) is 18.3. The maximum absolute atomic E-state index is 4.98. The van der Waals surface area contributed by atoms with Crippen LogP contribution in [0.15, 0.2) is 193 Å². The predicted octanol–water partition coefficient (Wildman–Crippen LogP) is 13.9. The Balaban J connectivity index is 1.14. The fraction of sp³-hybridized carbons (Fsp3) is 0. The van der Waals surface area contributed by atoms with Crippen LogP contribution in [0.5, 0.6) is 0 Å². The molecule has 4 heteroatoms. The van der Waals surface area contributed by atoms with E-state index in [0.717, 1.165) is 53.9 Å². The van der Waals surface area contributed by atoms with E-state index in [1.54, 1.807) is 11.3 Å². The molecule has 0 aliphatic carbocycles. The number of benzene rings is 8. The van der Waals surface area contributed by atoms with Crippen LogP contribution in [0.1, 0.15) is 0 Å². The Morgan fingerprint density at radius 1 is 0.412 bits per heavy atom. The van der Waals surface area contributed by atoms with Crippen LogP contribution < -0.4 is 4.90 Å². The highest BCUT2D eigenvalue weighted by Gasteiger charge is 2.17. The highest BCUT2D eigenvalue weighted by molar-refractivity contribution is 7.80. The lowest BCUT2D eigenvalue weighted by molar-refractivity contribution is 1.29. The number of hydrogen-bond donors (Lipinski definition) is 1. The van der Waals surface area contributed by atoms with Gasteiger partial charge in [0.15, 0.2) is 0 Å². The number of fused-ring (bicyclic) bond motifs is 2. The maximum atomic E-state index is 4.98. The highest BCUT2D eigenvalue weighted by atomic mass is 32.1. The molecule has 0 saturated carbocycles. The van der Waals surface area contributed by atoms with Gasteiger partial charge < -0.3 is 4.90 Å². The number of aromatic nitrogens is 1. The van der Waals surface area contributed by atoms with Crippen LogP contribution in [0.25, 0.3) is 64.9 Å². The van der Waals surface area contributed by atoms with E-state index in [0.29, 0.717) is 0 Å². The molecule has 2 nitrogen and oxygen atoms in total. The van der Waals surface area contributed by atoms with E-state index in [1.807, 2.05) is 6.07 Å². The smallest absolute Gasteiger partial charge is 0.124 e. The van der Waals surface area contributed by atoms with Gasteiger partial charge in [0.2, 0.25) is 0 Å². The third-order valence-corrected chi connectivity index (χ3v) is 10.8. The SMILES string of the molecule is Sc1cc2nc(-c3ccccc3)sc2cc1-c1cccc(N(c2ccc(-c3ccccc3)cc2)c2ccc3cc(-c4ccccc4)ccc3c2)c1. The average Bonchev–Trinajstić information content (AvgIpc) is 3.62. The number of thiazole rings is 1. The van der Waals surface area contributed by atoms with Gasteiger partial charge in [0.1, 0.15) is 5.01 Å². The number of thiol groups is 1. The third-order valence-electron chi connectivity index (χ3n) is 9.36. The van der Waals surface area contributed by atoms with Gasteiger partial charge in [-0.2, -0.15) is 0 Å². The summed E-state index contributed by atoms with van der Waals surface area (Å²) in [6.45, 7) is 0. The lowest BCUT2D eigenvalue weighted by Crippen LogP contribution is -2.10. The zero-order valence-corrected chi connectivity index (χ0v) is 29.4. The second-order valence-electron chi connectivity index (χ2n) is 12.6. The standard InChI is InChI=1S/C47H32N2S2/c50-45-31-44-46(51-47(48-44)35-15-8-3-9-16-35)30-43(45)39-17-10-18-41(29-39)49(40-24-21-34(22-25-40)32-11-4-1-5-12-32)42-26-23-37-27-36(19-20-38(37)28-42)33-13-6-2-7-14-33/h1-31,50H. The Hall–Kier alpha value is -5.94. The van der Waals surface area contributed by atoms with Crippen LogP contribution in [-0.2, 0) is 0 Å². The van der Waals surface area contributed by atoms with Crippen molar-refractivity contribution in [2.45, 2.75) is 4.90 Å². The molecule has 0 saturated heterocycles. The van der Waals surface area contributed by atoms with E-state index in [-0.39, 0.29) is 0 Å². The number of rotatable bonds is 7. The highest BCUT2D eigenvalue weighted by Crippen LogP contribution is 2.41. The van der Waals surface area contributed by atoms with Crippen molar-refractivity contribution in [1.82, 2.24) is 4.98 Å². The summed E-state index contributed by atoms with van der Waals surface area (Å²) in [7, 11) is 0. The minimum atomic E-state index is 0.906. The minimum Gasteiger partial charge on any atom is -0.310 e. The van der Waals surface area contributed by atoms with Crippen molar-refractivity contribution >= 4 is 62.0 Å². The summed E-state index contributed by atoms with van der Waals surface area (Å²) in [4.78, 5) is 8.19. The summed E-state index contributed by atoms with van der Waals surface area (Å²) in [6, 6.07) is 66.9. The molecule has 0 atom stereocenters. The van der Waals surface area contributed by atoms with Gasteiger partial charge in [-0.25, -0.2) is 4.98 Å². The molecule has 51 heavy (non-hydrogen) atoms. The summed E-state index contributed by atoms with van der Waals surface area (Å²) in [6.07, 6.45) is 0. The zero-order chi connectivity index (χ0) is 34.1. The van der Waals surface area contributed by atoms with Crippen molar-refractivity contribution in [2.24, 2.45) is 0 Å². The van der Waals surface area contributed by atoms with E-state index >= 15 is 0 Å². The summed E-state index contributed by atoms with van der Waals surface area (Å²) >= 11 is 6.70. The van der Waals surface area contributed by atoms with Gasteiger partial charge in [0, 0.05) is 27.5 Å². The monoisotopic (exact) mass is 688 g/mol. The van der Waals surface area contributed by atoms with E-state index in [9.17, 15) is 0 Å². The molecule has 1 aromatic heterocycles. The molecule has 0 N–H and O–H groups in total. The van der Waals surface area contributed by atoms with E-state index in [1.165, 1.54) is 33.0 Å². The van der Waals surface area contributed by atoms with E-state index < -0.39 is 0 Å². The molecule has 0 aliphatic rings. The summed E-state index contributed by atoms with van der Waals surface area (Å²) in [5, 5.41) is 3.42. The molecule has 9 rings (SSSR count). The van der Waals surface area contributed by atoms with Gasteiger partial charge in [0.05, 0.1) is 10.2 Å². The maximum Gasteiger partial charge on any atom is 0.124 e. The summed E-state index contributed by atoms with van der Waals surface area (Å²) in [5.74, 6) is 0. The first-order chi connectivity index (χ1) is 25.2. The second-order valence-corrected chi connectivity index (χ2v) is 14.1. The molecule has 0 amide bonds. The van der Waals surface area contributed by atoms with Crippen LogP contribution in [-0.4, -0.2) is 4.98 Å². The zero-order valence-electron chi connectivity index (χ0n) is 27.6. The van der Waals surface area contributed by atoms with E-state index in [2.05, 4.69) is 187 Å². The van der Waals surface area contributed by atoms with Crippen LogP contribution >= 0.6 is 24.0 Å². The van der Waals surface area contributed by atoms with Crippen molar-refractivity contribution < 1.29 is 0 Å². The van der Waals surface area contributed by atoms with Gasteiger partial charge in [-0.15, -0.1) is 24.0 Å². The Labute approximate surface area is 307 Å². The largest absolute Gasteiger partial charge is 0.310 e. The number of hydrogen-bond acceptors (Lipinski definition) is 4. The van der Waals surface area contributed by atoms with Crippen molar-refractivity contribution in [1.29, 1.82) is 0 Å². The van der Waals surface area contributed by atoms with Crippen molar-refractivity contribution in [3.63, 3.8) is 0 Å². The number of nitrogens with zero attached hydrogens (tertiary/aromatic N) is 2. The first kappa shape index (κ1) is 31.1. The Morgan fingerprint density at radius 2 is 0.961 bits per heavy atom. The molecule has 0 spiro atoms. The van der Waals surface area contributed by atoms with Crippen LogP contribution in [0, 0.1) is 0 Å². The lowest BCUT2D eigenvalue weighted by atomic mass is 10.00. The van der Waals surface area contributed by atoms with Crippen molar-refractivity contribution in [3.05, 3.63) is 188 Å². The molecule has 0 fully saturated rings. The van der Waals surface area contributed by atoms with Crippen molar-refractivity contribution in [3.8, 4) is 44.0 Å². The number of anilines is 3. The van der Waals surface area contributed by atoms with Crippen LogP contribution in [0.3, 0.4) is 0 Å². The lowest BCUT2D eigenvalue weighted by Gasteiger charge is -2.27. The molecule has 242 valence electrons. The van der Waals surface area contributed by atoms with Gasteiger partial charge in [0.25, 0.3) is 0 Å². The summed E-state index contributed by atoms with van der Waals surface area (Å²) < 4.78 is 1.14. The van der Waals surface area contributed by atoms with Gasteiger partial charge in [-0.05, 0) is 98.8 Å². The van der Waals surface area contributed by atoms with E-state index in [4.69, 9.17) is 17.6 Å². The molecule has 0 bridgehead atoms. The molecule has 0 radical (unpaired) electrons. The fourth-order valence-corrected chi connectivity index (χ4v) is 8.08. The molecule has 0 aliphatic heterocycles. The van der Waals surface area contributed by atoms with Crippen LogP contribution in [0.2, 0.25) is 0 Å². The van der Waals surface area contributed by atoms with Crippen LogP contribution in [0.4, 0.5) is 17.1 Å². The third kappa shape index (κ3) is 6.21. The molecular formula is C47H32N2S2. The van der Waals surface area contributed by atoms with Gasteiger partial charge >= 0.3 is 0 Å². The van der Waals surface area contributed by atoms with Crippen molar-refractivity contribution in [2.75, 3.05) is 4.90 Å². The second kappa shape index (κ2) is 13.4. The average molecular weight is 689 g/mol. The van der Waals surface area contributed by atoms with Gasteiger partial charge in [-0.1, -0.05) is 133 Å². The predicted molar refractivity (Wildman–Crippen MR) is 221 cm³/mol. The molecule has 1 heterocycles. The summed E-state index contributed by atoms with van der Waals surface area (Å²) in [5.41, 5.74) is 12.4. The topological polar surface area (TPSA) is 16.1 Å². The quantitative estimate of drug-likeness (QED) is 0.168.